The SMILES string of the molecule is COc1ccc(S(=O)(=O)N2CCNCC2c2nccn2C)cc1Cl. The lowest BCUT2D eigenvalue weighted by Gasteiger charge is -2.34. The number of halogens is 1. The first-order valence-electron chi connectivity index (χ1n) is 7.48. The molecule has 3 rings (SSSR count). The van der Waals surface area contributed by atoms with Gasteiger partial charge in [-0.05, 0) is 18.2 Å². The van der Waals surface area contributed by atoms with Gasteiger partial charge < -0.3 is 14.6 Å². The van der Waals surface area contributed by atoms with Crippen molar-refractivity contribution >= 4 is 21.6 Å². The number of nitrogens with one attached hydrogen (secondary N) is 1. The summed E-state index contributed by atoms with van der Waals surface area (Å²) in [6, 6.07) is 4.13. The van der Waals surface area contributed by atoms with Crippen molar-refractivity contribution in [1.29, 1.82) is 0 Å². The Labute approximate surface area is 146 Å². The van der Waals surface area contributed by atoms with Crippen molar-refractivity contribution in [2.45, 2.75) is 10.9 Å². The second-order valence-electron chi connectivity index (χ2n) is 5.53. The molecule has 0 aliphatic carbocycles. The van der Waals surface area contributed by atoms with Crippen molar-refractivity contribution in [1.82, 2.24) is 19.2 Å². The number of rotatable bonds is 4. The molecule has 9 heteroatoms. The smallest absolute Gasteiger partial charge is 0.243 e. The Kier molecular flexibility index (Phi) is 4.82. The molecule has 2 aromatic rings. The minimum atomic E-state index is -3.70. The molecule has 24 heavy (non-hydrogen) atoms. The number of sulfonamides is 1. The molecule has 0 spiro atoms. The zero-order valence-corrected chi connectivity index (χ0v) is 15.0. The van der Waals surface area contributed by atoms with Gasteiger partial charge in [-0.15, -0.1) is 0 Å². The Bertz CT molecular complexity index is 837. The van der Waals surface area contributed by atoms with Crippen LogP contribution in [0.1, 0.15) is 11.9 Å². The summed E-state index contributed by atoms with van der Waals surface area (Å²) in [7, 11) is -0.359. The van der Waals surface area contributed by atoms with Crippen LogP contribution in [0.15, 0.2) is 35.5 Å². The highest BCUT2D eigenvalue weighted by atomic mass is 35.5. The molecule has 1 atom stereocenters. The van der Waals surface area contributed by atoms with Crippen LogP contribution in [0.3, 0.4) is 0 Å². The number of hydrogen-bond donors (Lipinski definition) is 1. The van der Waals surface area contributed by atoms with Crippen LogP contribution in [0.5, 0.6) is 5.75 Å². The topological polar surface area (TPSA) is 76.5 Å². The van der Waals surface area contributed by atoms with Gasteiger partial charge in [0.2, 0.25) is 10.0 Å². The lowest BCUT2D eigenvalue weighted by Crippen LogP contribution is -2.49. The van der Waals surface area contributed by atoms with Crippen molar-refractivity contribution in [2.75, 3.05) is 26.7 Å². The summed E-state index contributed by atoms with van der Waals surface area (Å²) in [5.74, 6) is 1.14. The maximum Gasteiger partial charge on any atom is 0.243 e. The number of ether oxygens (including phenoxy) is 1. The van der Waals surface area contributed by atoms with E-state index in [0.29, 0.717) is 31.2 Å². The summed E-state index contributed by atoms with van der Waals surface area (Å²) in [6.45, 7) is 1.46. The van der Waals surface area contributed by atoms with E-state index in [1.54, 1.807) is 18.5 Å². The normalized spacial score (nSPS) is 19.4. The molecule has 1 aliphatic rings. The van der Waals surface area contributed by atoms with Crippen molar-refractivity contribution in [2.24, 2.45) is 7.05 Å². The first kappa shape index (κ1) is 17.2. The third-order valence-electron chi connectivity index (χ3n) is 4.08. The molecule has 0 amide bonds. The fourth-order valence-electron chi connectivity index (χ4n) is 2.83. The summed E-state index contributed by atoms with van der Waals surface area (Å²) >= 11 is 6.10. The number of imidazole rings is 1. The first-order chi connectivity index (χ1) is 11.4. The van der Waals surface area contributed by atoms with Crippen molar-refractivity contribution in [3.05, 3.63) is 41.4 Å². The largest absolute Gasteiger partial charge is 0.495 e. The molecule has 1 N–H and O–H groups in total. The maximum absolute atomic E-state index is 13.1. The molecule has 7 nitrogen and oxygen atoms in total. The highest BCUT2D eigenvalue weighted by Crippen LogP contribution is 2.32. The summed E-state index contributed by atoms with van der Waals surface area (Å²) in [5, 5.41) is 3.49. The average molecular weight is 371 g/mol. The third kappa shape index (κ3) is 3.02. The number of methoxy groups -OCH3 is 1. The molecule has 1 unspecified atom stereocenters. The molecule has 1 aromatic heterocycles. The number of aromatic nitrogens is 2. The summed E-state index contributed by atoms with van der Waals surface area (Å²) in [4.78, 5) is 4.46. The van der Waals surface area contributed by atoms with E-state index in [9.17, 15) is 8.42 Å². The van der Waals surface area contributed by atoms with Crippen LogP contribution in [-0.4, -0.2) is 49.0 Å². The monoisotopic (exact) mass is 370 g/mol. The number of benzene rings is 1. The quantitative estimate of drug-likeness (QED) is 0.880. The number of piperazine rings is 1. The van der Waals surface area contributed by atoms with Gasteiger partial charge in [-0.1, -0.05) is 11.6 Å². The van der Waals surface area contributed by atoms with Crippen molar-refractivity contribution in [3.8, 4) is 5.75 Å². The van der Waals surface area contributed by atoms with E-state index < -0.39 is 10.0 Å². The predicted molar refractivity (Wildman–Crippen MR) is 90.7 cm³/mol. The summed E-state index contributed by atoms with van der Waals surface area (Å²) < 4.78 is 34.6. The Hall–Kier alpha value is -1.61. The minimum absolute atomic E-state index is 0.148. The Morgan fingerprint density at radius 1 is 1.42 bits per heavy atom. The van der Waals surface area contributed by atoms with Gasteiger partial charge in [0.25, 0.3) is 0 Å². The second kappa shape index (κ2) is 6.72. The van der Waals surface area contributed by atoms with Crippen LogP contribution < -0.4 is 10.1 Å². The highest BCUT2D eigenvalue weighted by molar-refractivity contribution is 7.89. The molecule has 1 aliphatic heterocycles. The molecule has 1 aromatic carbocycles. The van der Waals surface area contributed by atoms with Crippen LogP contribution in [0.25, 0.3) is 0 Å². The van der Waals surface area contributed by atoms with Crippen LogP contribution >= 0.6 is 11.6 Å². The lowest BCUT2D eigenvalue weighted by molar-refractivity contribution is 0.258. The Balaban J connectivity index is 2.00. The van der Waals surface area contributed by atoms with Crippen LogP contribution in [0, 0.1) is 0 Å². The summed E-state index contributed by atoms with van der Waals surface area (Å²) in [6.07, 6.45) is 3.47. The van der Waals surface area contributed by atoms with E-state index in [0.717, 1.165) is 0 Å². The molecule has 0 radical (unpaired) electrons. The van der Waals surface area contributed by atoms with Gasteiger partial charge in [0.15, 0.2) is 0 Å². The molecule has 0 saturated carbocycles. The highest BCUT2D eigenvalue weighted by Gasteiger charge is 2.36. The zero-order chi connectivity index (χ0) is 17.3. The molecular formula is C15H19ClN4O3S. The first-order valence-corrected chi connectivity index (χ1v) is 9.30. The maximum atomic E-state index is 13.1. The van der Waals surface area contributed by atoms with E-state index in [2.05, 4.69) is 10.3 Å². The number of aryl methyl sites for hydroxylation is 1. The van der Waals surface area contributed by atoms with Crippen LogP contribution in [-0.2, 0) is 17.1 Å². The lowest BCUT2D eigenvalue weighted by atomic mass is 10.2. The number of nitrogens with zero attached hydrogens (tertiary/aromatic N) is 3. The van der Waals surface area contributed by atoms with Crippen LogP contribution in [0.2, 0.25) is 5.02 Å². The van der Waals surface area contributed by atoms with Gasteiger partial charge in [0.05, 0.1) is 23.1 Å². The van der Waals surface area contributed by atoms with Gasteiger partial charge in [-0.3, -0.25) is 0 Å². The van der Waals surface area contributed by atoms with E-state index in [1.807, 2.05) is 11.6 Å². The van der Waals surface area contributed by atoms with E-state index in [1.165, 1.54) is 23.5 Å². The fraction of sp³-hybridized carbons (Fsp3) is 0.400. The van der Waals surface area contributed by atoms with Crippen molar-refractivity contribution in [3.63, 3.8) is 0 Å². The molecule has 0 bridgehead atoms. The average Bonchev–Trinajstić information content (AvgIpc) is 3.00. The van der Waals surface area contributed by atoms with E-state index in [4.69, 9.17) is 16.3 Å². The van der Waals surface area contributed by atoms with Gasteiger partial charge >= 0.3 is 0 Å². The van der Waals surface area contributed by atoms with Gasteiger partial charge in [-0.25, -0.2) is 13.4 Å². The predicted octanol–water partition coefficient (Wildman–Crippen LogP) is 1.42. The molecular weight excluding hydrogens is 352 g/mol. The van der Waals surface area contributed by atoms with Gasteiger partial charge in [0, 0.05) is 39.1 Å². The molecule has 1 saturated heterocycles. The standard InChI is InChI=1S/C15H19ClN4O3S/c1-19-7-6-18-15(19)13-10-17-5-8-20(13)24(21,22)11-3-4-14(23-2)12(16)9-11/h3-4,6-7,9,13,17H,5,8,10H2,1-2H3. The van der Waals surface area contributed by atoms with E-state index in [-0.39, 0.29) is 16.0 Å². The third-order valence-corrected chi connectivity index (χ3v) is 6.28. The molecule has 130 valence electrons. The van der Waals surface area contributed by atoms with Crippen LogP contribution in [0.4, 0.5) is 0 Å². The minimum Gasteiger partial charge on any atom is -0.495 e. The second-order valence-corrected chi connectivity index (χ2v) is 7.83. The fourth-order valence-corrected chi connectivity index (χ4v) is 4.77. The summed E-state index contributed by atoms with van der Waals surface area (Å²) in [5.41, 5.74) is 0. The number of hydrogen-bond acceptors (Lipinski definition) is 5. The Morgan fingerprint density at radius 3 is 2.83 bits per heavy atom. The zero-order valence-electron chi connectivity index (χ0n) is 13.4. The molecule has 1 fully saturated rings. The van der Waals surface area contributed by atoms with E-state index >= 15 is 0 Å². The Morgan fingerprint density at radius 2 is 2.21 bits per heavy atom. The van der Waals surface area contributed by atoms with Gasteiger partial charge in [0.1, 0.15) is 11.6 Å². The molecule has 2 heterocycles. The van der Waals surface area contributed by atoms with Gasteiger partial charge in [-0.2, -0.15) is 4.31 Å². The van der Waals surface area contributed by atoms with Crippen molar-refractivity contribution < 1.29 is 13.2 Å².